The average molecular weight is 584 g/mol. The van der Waals surface area contributed by atoms with Gasteiger partial charge in [-0.2, -0.15) is 0 Å². The van der Waals surface area contributed by atoms with Gasteiger partial charge in [0.1, 0.15) is 0 Å². The van der Waals surface area contributed by atoms with Gasteiger partial charge in [-0.1, -0.05) is 115 Å². The van der Waals surface area contributed by atoms with Gasteiger partial charge in [-0.15, -0.1) is 0 Å². The highest BCUT2D eigenvalue weighted by Crippen LogP contribution is 2.68. The lowest BCUT2D eigenvalue weighted by molar-refractivity contribution is -0.183. The highest BCUT2D eigenvalue weighted by Gasteiger charge is 2.63. The molecule has 0 aromatic rings. The van der Waals surface area contributed by atoms with Crippen LogP contribution in [0.15, 0.2) is 11.6 Å². The van der Waals surface area contributed by atoms with Gasteiger partial charge in [0.2, 0.25) is 0 Å². The molecule has 0 saturated heterocycles. The first-order valence-electron chi connectivity index (χ1n) is 18.0. The fourth-order valence-corrected chi connectivity index (χ4v) is 8.84. The van der Waals surface area contributed by atoms with E-state index in [1.165, 1.54) is 51.4 Å². The molecule has 3 fully saturated rings. The first kappa shape index (κ1) is 42.2. The summed E-state index contributed by atoms with van der Waals surface area (Å²) in [6, 6.07) is 0. The molecule has 3 nitrogen and oxygen atoms in total. The molecular weight excluding hydrogens is 509 g/mol. The normalized spacial score (nSPS) is 34.9. The van der Waals surface area contributed by atoms with Crippen LogP contribution in [0.5, 0.6) is 0 Å². The van der Waals surface area contributed by atoms with E-state index in [0.29, 0.717) is 17.8 Å². The predicted molar refractivity (Wildman–Crippen MR) is 179 cm³/mol. The summed E-state index contributed by atoms with van der Waals surface area (Å²) in [7, 11) is 0. The molecule has 0 aromatic carbocycles. The van der Waals surface area contributed by atoms with Gasteiger partial charge < -0.3 is 5.73 Å². The lowest BCUT2D eigenvalue weighted by atomic mass is 9.44. The molecule has 0 radical (unpaired) electrons. The molecule has 246 valence electrons. The van der Waals surface area contributed by atoms with Crippen molar-refractivity contribution in [3.63, 3.8) is 0 Å². The van der Waals surface area contributed by atoms with Gasteiger partial charge in [-0.05, 0) is 105 Å². The maximum atomic E-state index is 12.1. The molecule has 0 bridgehead atoms. The number of hydrogen-bond acceptors (Lipinski definition) is 3. The molecule has 4 heteroatoms. The lowest BCUT2D eigenvalue weighted by Crippen LogP contribution is -2.66. The fourth-order valence-electron chi connectivity index (χ4n) is 8.84. The zero-order valence-corrected chi connectivity index (χ0v) is 30.2. The van der Waals surface area contributed by atoms with Gasteiger partial charge in [-0.3, -0.25) is 4.94 Å². The maximum absolute atomic E-state index is 12.1. The molecule has 0 spiro atoms. The first-order valence-corrected chi connectivity index (χ1v) is 18.0. The number of hydrogen-bond donors (Lipinski definition) is 1. The van der Waals surface area contributed by atoms with Crippen LogP contribution in [-0.4, -0.2) is 11.5 Å². The topological polar surface area (TPSA) is 52.3 Å². The third-order valence-corrected chi connectivity index (χ3v) is 11.0. The van der Waals surface area contributed by atoms with Crippen molar-refractivity contribution in [2.24, 2.45) is 46.2 Å². The fraction of sp³-hybridized carbons (Fsp3) is 0.919. The SMILES string of the molecule is CC.CC.CC.CC.CC.CCC(C)C1CCC2(C)C(=CCC3(N)C2CCC2(C)C(CCCC(=O)OF)CCC23)C1. The van der Waals surface area contributed by atoms with E-state index in [0.717, 1.165) is 31.1 Å². The second kappa shape index (κ2) is 20.9. The lowest BCUT2D eigenvalue weighted by Gasteiger charge is -2.63. The van der Waals surface area contributed by atoms with Crippen LogP contribution in [0, 0.1) is 40.4 Å². The molecule has 4 rings (SSSR count). The summed E-state index contributed by atoms with van der Waals surface area (Å²) in [4.78, 5) is 14.6. The van der Waals surface area contributed by atoms with E-state index in [9.17, 15) is 9.32 Å². The van der Waals surface area contributed by atoms with Crippen LogP contribution in [-0.2, 0) is 9.74 Å². The van der Waals surface area contributed by atoms with Crippen molar-refractivity contribution in [1.29, 1.82) is 0 Å². The molecular formula is C37H74FNO2. The zero-order valence-electron chi connectivity index (χ0n) is 30.2. The number of halogens is 1. The van der Waals surface area contributed by atoms with Crippen LogP contribution in [0.3, 0.4) is 0 Å². The Morgan fingerprint density at radius 3 is 2.07 bits per heavy atom. The van der Waals surface area contributed by atoms with Gasteiger partial charge in [-0.25, -0.2) is 4.79 Å². The van der Waals surface area contributed by atoms with E-state index < -0.39 is 5.97 Å². The monoisotopic (exact) mass is 584 g/mol. The van der Waals surface area contributed by atoms with Crippen LogP contribution in [0.2, 0.25) is 0 Å². The molecule has 4 aliphatic rings. The zero-order chi connectivity index (χ0) is 32.4. The molecule has 0 aliphatic heterocycles. The molecule has 8 atom stereocenters. The number of nitrogens with two attached hydrogens (primary N) is 1. The Hall–Kier alpha value is -0.900. The third-order valence-electron chi connectivity index (χ3n) is 11.0. The van der Waals surface area contributed by atoms with Gasteiger partial charge in [0.05, 0.1) is 0 Å². The summed E-state index contributed by atoms with van der Waals surface area (Å²) < 4.78 is 12.1. The molecule has 4 aliphatic carbocycles. The van der Waals surface area contributed by atoms with Gasteiger partial charge in [0.15, 0.2) is 0 Å². The summed E-state index contributed by atoms with van der Waals surface area (Å²) in [5.41, 5.74) is 9.59. The van der Waals surface area contributed by atoms with Crippen LogP contribution >= 0.6 is 0 Å². The Morgan fingerprint density at radius 2 is 1.54 bits per heavy atom. The van der Waals surface area contributed by atoms with Crippen molar-refractivity contribution in [3.8, 4) is 0 Å². The van der Waals surface area contributed by atoms with Gasteiger partial charge in [0, 0.05) is 16.5 Å². The van der Waals surface area contributed by atoms with Crippen molar-refractivity contribution in [3.05, 3.63) is 11.6 Å². The van der Waals surface area contributed by atoms with E-state index in [1.807, 2.05) is 69.2 Å². The molecule has 3 saturated carbocycles. The predicted octanol–water partition coefficient (Wildman–Crippen LogP) is 12.0. The molecule has 41 heavy (non-hydrogen) atoms. The summed E-state index contributed by atoms with van der Waals surface area (Å²) in [5.74, 6) is 2.66. The van der Waals surface area contributed by atoms with Crippen molar-refractivity contribution in [2.45, 2.75) is 180 Å². The molecule has 8 unspecified atom stereocenters. The van der Waals surface area contributed by atoms with Crippen LogP contribution < -0.4 is 5.73 Å². The minimum Gasteiger partial charge on any atom is -0.324 e. The van der Waals surface area contributed by atoms with E-state index in [1.54, 1.807) is 5.57 Å². The van der Waals surface area contributed by atoms with Crippen molar-refractivity contribution in [1.82, 2.24) is 0 Å². The summed E-state index contributed by atoms with van der Waals surface area (Å²) in [5, 5.41) is 0. The Labute approximate surface area is 257 Å². The van der Waals surface area contributed by atoms with E-state index in [-0.39, 0.29) is 22.8 Å². The highest BCUT2D eigenvalue weighted by atomic mass is 19.3. The first-order chi connectivity index (χ1) is 19.7. The largest absolute Gasteiger partial charge is 0.348 e. The highest BCUT2D eigenvalue weighted by molar-refractivity contribution is 5.68. The standard InChI is InChI=1S/C27H44FNO2.5C2H6/c1-5-18(2)19-11-14-26(4)21(17-19)12-16-27(29)22-10-9-20(7-6-8-24(30)31-28)25(22,3)15-13-23(26)27;5*1-2/h12,18-20,22-23H,5-11,13-17,29H2,1-4H3;5*1-2H3. The summed E-state index contributed by atoms with van der Waals surface area (Å²) in [6.07, 6.45) is 15.6. The minimum atomic E-state index is -0.732. The number of rotatable bonds is 6. The van der Waals surface area contributed by atoms with Crippen LogP contribution in [0.25, 0.3) is 0 Å². The number of carbonyl (C=O) groups is 1. The van der Waals surface area contributed by atoms with E-state index in [4.69, 9.17) is 5.73 Å². The molecule has 0 heterocycles. The van der Waals surface area contributed by atoms with E-state index in [2.05, 4.69) is 38.7 Å². The average Bonchev–Trinajstić information content (AvgIpc) is 3.38. The van der Waals surface area contributed by atoms with Crippen LogP contribution in [0.4, 0.5) is 4.53 Å². The van der Waals surface area contributed by atoms with Gasteiger partial charge in [0.25, 0.3) is 0 Å². The smallest absolute Gasteiger partial charge is 0.324 e. The van der Waals surface area contributed by atoms with Gasteiger partial charge >= 0.3 is 5.97 Å². The third kappa shape index (κ3) is 9.29. The quantitative estimate of drug-likeness (QED) is 0.316. The van der Waals surface area contributed by atoms with Crippen LogP contribution in [0.1, 0.15) is 174 Å². The number of allylic oxidation sites excluding steroid dienone is 1. The van der Waals surface area contributed by atoms with Crippen molar-refractivity contribution in [2.75, 3.05) is 0 Å². The van der Waals surface area contributed by atoms with Crippen molar-refractivity contribution < 1.29 is 14.3 Å². The maximum Gasteiger partial charge on any atom is 0.348 e. The minimum absolute atomic E-state index is 0.0962. The Morgan fingerprint density at radius 1 is 0.951 bits per heavy atom. The Balaban J connectivity index is 0. The Bertz CT molecular complexity index is 724. The second-order valence-electron chi connectivity index (χ2n) is 12.1. The number of fused-ring (bicyclic) bond motifs is 5. The number of carbonyl (C=O) groups excluding carboxylic acids is 1. The summed E-state index contributed by atoms with van der Waals surface area (Å²) in [6.45, 7) is 29.8. The second-order valence-corrected chi connectivity index (χ2v) is 12.1. The molecule has 2 N–H and O–H groups in total. The van der Waals surface area contributed by atoms with E-state index >= 15 is 0 Å². The van der Waals surface area contributed by atoms with Crippen molar-refractivity contribution >= 4 is 5.97 Å². The molecule has 0 aromatic heterocycles. The summed E-state index contributed by atoms with van der Waals surface area (Å²) >= 11 is 0. The molecule has 0 amide bonds. The Kier molecular flexibility index (Phi) is 21.5.